The van der Waals surface area contributed by atoms with Gasteiger partial charge in [-0.3, -0.25) is 38.4 Å². The van der Waals surface area contributed by atoms with Crippen LogP contribution < -0.4 is 5.32 Å². The Labute approximate surface area is 347 Å². The molecule has 0 aliphatic heterocycles. The van der Waals surface area contributed by atoms with Crippen LogP contribution in [0.1, 0.15) is 60.3 Å². The highest BCUT2D eigenvalue weighted by Gasteiger charge is 2.27. The van der Waals surface area contributed by atoms with Gasteiger partial charge in [-0.05, 0) is 6.92 Å². The Hall–Kier alpha value is -2.84. The largest absolute Gasteiger partial charge is 0.481 e. The van der Waals surface area contributed by atoms with Crippen molar-refractivity contribution in [2.75, 3.05) is 91.8 Å². The number of carbonyl (C=O) groups is 8. The van der Waals surface area contributed by atoms with E-state index < -0.39 is 41.6 Å². The van der Waals surface area contributed by atoms with Gasteiger partial charge in [-0.25, -0.2) is 0 Å². The fourth-order valence-electron chi connectivity index (χ4n) is 4.96. The molecule has 4 atom stereocenters. The van der Waals surface area contributed by atoms with E-state index in [0.29, 0.717) is 52.6 Å². The Kier molecular flexibility index (Phi) is 29.6. The van der Waals surface area contributed by atoms with Gasteiger partial charge in [0, 0.05) is 116 Å². The van der Waals surface area contributed by atoms with Crippen molar-refractivity contribution in [3.63, 3.8) is 0 Å². The fourth-order valence-corrected chi connectivity index (χ4v) is 8.90. The third kappa shape index (κ3) is 25.4. The molecule has 20 heteroatoms. The van der Waals surface area contributed by atoms with E-state index in [4.69, 9.17) is 20.4 Å². The second kappa shape index (κ2) is 31.2. The summed E-state index contributed by atoms with van der Waals surface area (Å²) in [5, 5.41) is 38.6. The quantitative estimate of drug-likeness (QED) is 0.0585. The van der Waals surface area contributed by atoms with E-state index in [1.54, 1.807) is 42.4 Å². The molecule has 0 saturated heterocycles. The van der Waals surface area contributed by atoms with Crippen LogP contribution in [0.15, 0.2) is 0 Å². The third-order valence-electron chi connectivity index (χ3n) is 8.30. The topological polar surface area (TPSA) is 239 Å². The molecule has 0 radical (unpaired) electrons. The monoisotopic (exact) mass is 870 g/mol. The van der Waals surface area contributed by atoms with Gasteiger partial charge in [0.05, 0.1) is 25.7 Å². The standard InChI is InChI=1S/C36H62N4O12S4/c1-6-38(34(50)26(3)22-54-18-8-30(43)44)13-14-40(36(52)28(5)24-56-20-10-32(47)48)16-15-39(35(51)27(4)23-55-19-9-31(45)46)12-11-37-33(49)25(2)21-53-17-7-29(41)42/h25-28H,6-24H2,1-5H3,(H,37,49)(H,41,42)(H,43,44)(H,45,46)(H,47,48). The highest BCUT2D eigenvalue weighted by atomic mass is 32.2. The van der Waals surface area contributed by atoms with Crippen molar-refractivity contribution >= 4 is 94.6 Å². The van der Waals surface area contributed by atoms with E-state index >= 15 is 0 Å². The lowest BCUT2D eigenvalue weighted by molar-refractivity contribution is -0.140. The molecule has 0 aromatic rings. The van der Waals surface area contributed by atoms with Gasteiger partial charge in [0.25, 0.3) is 0 Å². The molecule has 0 saturated carbocycles. The minimum atomic E-state index is -0.935. The molecule has 0 aliphatic carbocycles. The van der Waals surface area contributed by atoms with Gasteiger partial charge >= 0.3 is 23.9 Å². The van der Waals surface area contributed by atoms with Crippen molar-refractivity contribution in [3.05, 3.63) is 0 Å². The van der Waals surface area contributed by atoms with Crippen LogP contribution in [-0.2, 0) is 38.4 Å². The Morgan fingerprint density at radius 3 is 1.07 bits per heavy atom. The van der Waals surface area contributed by atoms with E-state index in [0.717, 1.165) is 0 Å². The first-order chi connectivity index (χ1) is 26.4. The average molecular weight is 871 g/mol. The van der Waals surface area contributed by atoms with Crippen molar-refractivity contribution in [1.82, 2.24) is 20.0 Å². The van der Waals surface area contributed by atoms with Crippen LogP contribution in [0.3, 0.4) is 0 Å². The Morgan fingerprint density at radius 2 is 0.750 bits per heavy atom. The number of nitrogens with zero attached hydrogens (tertiary/aromatic N) is 3. The predicted octanol–water partition coefficient (Wildman–Crippen LogP) is 2.98. The maximum absolute atomic E-state index is 13.9. The lowest BCUT2D eigenvalue weighted by atomic mass is 10.1. The lowest BCUT2D eigenvalue weighted by Crippen LogP contribution is -2.49. The number of hydrogen-bond donors (Lipinski definition) is 5. The summed E-state index contributed by atoms with van der Waals surface area (Å²) in [4.78, 5) is 102. The zero-order chi connectivity index (χ0) is 42.6. The summed E-state index contributed by atoms with van der Waals surface area (Å²) in [5.41, 5.74) is 0. The molecule has 4 unspecified atom stereocenters. The SMILES string of the molecule is CCN(CCN(CCN(CCNC(=O)C(C)CSCCC(=O)O)C(=O)C(C)CSCCC(=O)O)C(=O)C(C)CSCCC(=O)O)C(=O)C(C)CSCCC(=O)O. The maximum atomic E-state index is 13.9. The fraction of sp³-hybridized carbons (Fsp3) is 0.778. The van der Waals surface area contributed by atoms with E-state index in [-0.39, 0.29) is 94.5 Å². The summed E-state index contributed by atoms with van der Waals surface area (Å²) in [6, 6.07) is 0. The number of carbonyl (C=O) groups excluding carboxylic acids is 4. The normalized spacial score (nSPS) is 13.2. The van der Waals surface area contributed by atoms with Gasteiger partial charge in [-0.15, -0.1) is 0 Å². The van der Waals surface area contributed by atoms with Crippen molar-refractivity contribution in [2.24, 2.45) is 23.7 Å². The molecular formula is C36H62N4O12S4. The molecule has 0 aromatic carbocycles. The van der Waals surface area contributed by atoms with Crippen LogP contribution in [0.25, 0.3) is 0 Å². The average Bonchev–Trinajstić information content (AvgIpc) is 3.14. The van der Waals surface area contributed by atoms with Gasteiger partial charge in [0.15, 0.2) is 0 Å². The Bertz CT molecular complexity index is 1260. The van der Waals surface area contributed by atoms with Gasteiger partial charge in [-0.2, -0.15) is 47.0 Å². The number of hydrogen-bond acceptors (Lipinski definition) is 12. The molecule has 0 fully saturated rings. The number of nitrogens with one attached hydrogen (secondary N) is 1. The highest BCUT2D eigenvalue weighted by Crippen LogP contribution is 2.17. The molecule has 322 valence electrons. The van der Waals surface area contributed by atoms with Crippen LogP contribution in [-0.4, -0.2) is 174 Å². The molecule has 0 aliphatic rings. The molecule has 0 aromatic heterocycles. The van der Waals surface area contributed by atoms with Crippen molar-refractivity contribution in [3.8, 4) is 0 Å². The van der Waals surface area contributed by atoms with Crippen LogP contribution in [0.4, 0.5) is 0 Å². The van der Waals surface area contributed by atoms with Crippen molar-refractivity contribution in [1.29, 1.82) is 0 Å². The van der Waals surface area contributed by atoms with Gasteiger partial charge in [-0.1, -0.05) is 27.7 Å². The highest BCUT2D eigenvalue weighted by molar-refractivity contribution is 7.99. The Morgan fingerprint density at radius 1 is 0.464 bits per heavy atom. The number of rotatable bonds is 34. The first kappa shape index (κ1) is 53.2. The first-order valence-electron chi connectivity index (χ1n) is 18.7. The van der Waals surface area contributed by atoms with E-state index in [9.17, 15) is 38.4 Å². The van der Waals surface area contributed by atoms with Crippen LogP contribution in [0, 0.1) is 23.7 Å². The second-order valence-corrected chi connectivity index (χ2v) is 17.9. The predicted molar refractivity (Wildman–Crippen MR) is 223 cm³/mol. The minimum absolute atomic E-state index is 0.00435. The maximum Gasteiger partial charge on any atom is 0.304 e. The van der Waals surface area contributed by atoms with Gasteiger partial charge in [0.1, 0.15) is 0 Å². The summed E-state index contributed by atoms with van der Waals surface area (Å²) >= 11 is 5.44. The molecule has 5 N–H and O–H groups in total. The molecule has 4 amide bonds. The molecule has 0 spiro atoms. The van der Waals surface area contributed by atoms with Gasteiger partial charge < -0.3 is 40.4 Å². The summed E-state index contributed by atoms with van der Waals surface area (Å²) in [5.74, 6) is -3.25. The number of carboxylic acid groups (broad SMARTS) is 4. The lowest BCUT2D eigenvalue weighted by Gasteiger charge is -2.33. The van der Waals surface area contributed by atoms with Crippen molar-refractivity contribution in [2.45, 2.75) is 60.3 Å². The van der Waals surface area contributed by atoms with Crippen LogP contribution in [0.5, 0.6) is 0 Å². The summed E-state index contributed by atoms with van der Waals surface area (Å²) in [6.07, 6.45) is -0.0997. The molecule has 56 heavy (non-hydrogen) atoms. The van der Waals surface area contributed by atoms with Crippen molar-refractivity contribution < 1.29 is 58.8 Å². The van der Waals surface area contributed by atoms with Crippen LogP contribution >= 0.6 is 47.0 Å². The number of aliphatic carboxylic acids is 4. The van der Waals surface area contributed by atoms with E-state index in [1.807, 2.05) is 6.92 Å². The summed E-state index contributed by atoms with van der Waals surface area (Å²) in [6.45, 7) is 10.1. The van der Waals surface area contributed by atoms with E-state index in [2.05, 4.69) is 5.32 Å². The number of likely N-dealkylation sites (N-methyl/N-ethyl adjacent to an activating group) is 1. The van der Waals surface area contributed by atoms with Gasteiger partial charge in [0.2, 0.25) is 23.6 Å². The molecule has 0 bridgehead atoms. The number of thioether (sulfide) groups is 4. The molecular weight excluding hydrogens is 809 g/mol. The first-order valence-corrected chi connectivity index (χ1v) is 23.3. The smallest absolute Gasteiger partial charge is 0.304 e. The van der Waals surface area contributed by atoms with E-state index in [1.165, 1.54) is 47.0 Å². The minimum Gasteiger partial charge on any atom is -0.481 e. The number of amides is 4. The summed E-state index contributed by atoms with van der Waals surface area (Å²) in [7, 11) is 0. The zero-order valence-corrected chi connectivity index (χ0v) is 36.5. The molecule has 16 nitrogen and oxygen atoms in total. The molecule has 0 heterocycles. The van der Waals surface area contributed by atoms with Crippen LogP contribution in [0.2, 0.25) is 0 Å². The zero-order valence-electron chi connectivity index (χ0n) is 33.3. The molecule has 0 rings (SSSR count). The second-order valence-electron chi connectivity index (χ2n) is 13.3. The summed E-state index contributed by atoms with van der Waals surface area (Å²) < 4.78 is 0. The Balaban J connectivity index is 5.96. The number of carboxylic acids is 4. The third-order valence-corrected chi connectivity index (χ3v) is 13.2.